The molecule has 1 amide bonds. The lowest BCUT2D eigenvalue weighted by Gasteiger charge is -2.10. The predicted molar refractivity (Wildman–Crippen MR) is 106 cm³/mol. The van der Waals surface area contributed by atoms with Crippen LogP contribution in [0, 0.1) is 0 Å². The zero-order chi connectivity index (χ0) is 20.5. The SMILES string of the molecule is COc1ccc(CCNC(=O)CS(=O)Cc2ccc(C(=O)O)cc2)cc1OC. The number of carbonyl (C=O) groups excluding carboxylic acids is 1. The molecular formula is C20H23NO6S. The van der Waals surface area contributed by atoms with Crippen LogP contribution in [0.1, 0.15) is 21.5 Å². The van der Waals surface area contributed by atoms with Crippen LogP contribution >= 0.6 is 0 Å². The van der Waals surface area contributed by atoms with Crippen molar-refractivity contribution in [3.8, 4) is 11.5 Å². The summed E-state index contributed by atoms with van der Waals surface area (Å²) in [5.41, 5.74) is 1.88. The second-order valence-electron chi connectivity index (χ2n) is 6.02. The molecule has 2 aromatic rings. The van der Waals surface area contributed by atoms with Crippen molar-refractivity contribution in [2.45, 2.75) is 12.2 Å². The van der Waals surface area contributed by atoms with Gasteiger partial charge in [-0.1, -0.05) is 18.2 Å². The summed E-state index contributed by atoms with van der Waals surface area (Å²) in [6.45, 7) is 0.416. The molecule has 7 nitrogen and oxygen atoms in total. The first-order chi connectivity index (χ1) is 13.4. The van der Waals surface area contributed by atoms with Crippen LogP contribution in [-0.2, 0) is 27.8 Å². The van der Waals surface area contributed by atoms with Gasteiger partial charge in [0.15, 0.2) is 11.5 Å². The van der Waals surface area contributed by atoms with Crippen molar-refractivity contribution in [1.82, 2.24) is 5.32 Å². The highest BCUT2D eigenvalue weighted by atomic mass is 32.2. The van der Waals surface area contributed by atoms with E-state index in [9.17, 15) is 13.8 Å². The van der Waals surface area contributed by atoms with E-state index in [1.807, 2.05) is 12.1 Å². The van der Waals surface area contributed by atoms with Gasteiger partial charge in [0.2, 0.25) is 5.91 Å². The minimum Gasteiger partial charge on any atom is -0.493 e. The molecular weight excluding hydrogens is 382 g/mol. The van der Waals surface area contributed by atoms with E-state index in [0.29, 0.717) is 24.5 Å². The molecule has 1 atom stereocenters. The summed E-state index contributed by atoms with van der Waals surface area (Å²) in [7, 11) is 1.76. The van der Waals surface area contributed by atoms with Gasteiger partial charge in [-0.05, 0) is 41.8 Å². The maximum Gasteiger partial charge on any atom is 0.335 e. The molecule has 150 valence electrons. The summed E-state index contributed by atoms with van der Waals surface area (Å²) in [4.78, 5) is 22.8. The predicted octanol–water partition coefficient (Wildman–Crippen LogP) is 2.01. The number of carbonyl (C=O) groups is 2. The van der Waals surface area contributed by atoms with Crippen molar-refractivity contribution in [3.05, 3.63) is 59.2 Å². The quantitative estimate of drug-likeness (QED) is 0.627. The first-order valence-corrected chi connectivity index (χ1v) is 10.1. The molecule has 0 aliphatic rings. The summed E-state index contributed by atoms with van der Waals surface area (Å²) < 4.78 is 22.6. The zero-order valence-electron chi connectivity index (χ0n) is 15.8. The fraction of sp³-hybridized carbons (Fsp3) is 0.300. The number of amides is 1. The van der Waals surface area contributed by atoms with E-state index in [2.05, 4.69) is 5.32 Å². The van der Waals surface area contributed by atoms with Crippen LogP contribution in [0.2, 0.25) is 0 Å². The smallest absolute Gasteiger partial charge is 0.335 e. The Balaban J connectivity index is 1.77. The minimum absolute atomic E-state index is 0.105. The molecule has 0 saturated heterocycles. The Morgan fingerprint density at radius 1 is 1.00 bits per heavy atom. The lowest BCUT2D eigenvalue weighted by Crippen LogP contribution is -2.30. The van der Waals surface area contributed by atoms with Gasteiger partial charge in [0.25, 0.3) is 0 Å². The van der Waals surface area contributed by atoms with Gasteiger partial charge in [-0.2, -0.15) is 0 Å². The Hall–Kier alpha value is -2.87. The summed E-state index contributed by atoms with van der Waals surface area (Å²) in [5, 5.41) is 11.6. The number of ether oxygens (including phenoxy) is 2. The highest BCUT2D eigenvalue weighted by Gasteiger charge is 2.10. The average Bonchev–Trinajstić information content (AvgIpc) is 2.68. The van der Waals surface area contributed by atoms with Crippen LogP contribution in [0.25, 0.3) is 0 Å². The van der Waals surface area contributed by atoms with Gasteiger partial charge >= 0.3 is 5.97 Å². The van der Waals surface area contributed by atoms with Gasteiger partial charge in [-0.3, -0.25) is 9.00 Å². The second-order valence-corrected chi connectivity index (χ2v) is 7.48. The molecule has 2 aromatic carbocycles. The molecule has 0 heterocycles. The number of benzene rings is 2. The second kappa shape index (κ2) is 10.5. The van der Waals surface area contributed by atoms with Crippen molar-refractivity contribution in [2.75, 3.05) is 26.5 Å². The fourth-order valence-electron chi connectivity index (χ4n) is 2.56. The Labute approximate surface area is 166 Å². The normalized spacial score (nSPS) is 11.5. The van der Waals surface area contributed by atoms with Gasteiger partial charge in [0, 0.05) is 23.1 Å². The molecule has 0 spiro atoms. The van der Waals surface area contributed by atoms with Crippen LogP contribution in [0.5, 0.6) is 11.5 Å². The highest BCUT2D eigenvalue weighted by molar-refractivity contribution is 7.84. The van der Waals surface area contributed by atoms with Gasteiger partial charge in [0.1, 0.15) is 5.75 Å². The standard InChI is InChI=1S/C20H23NO6S/c1-26-17-8-5-14(11-18(17)27-2)9-10-21-19(22)13-28(25)12-15-3-6-16(7-4-15)20(23)24/h3-8,11H,9-10,12-13H2,1-2H3,(H,21,22)(H,23,24). The van der Waals surface area contributed by atoms with E-state index in [0.717, 1.165) is 11.1 Å². The van der Waals surface area contributed by atoms with Crippen molar-refractivity contribution >= 4 is 22.7 Å². The highest BCUT2D eigenvalue weighted by Crippen LogP contribution is 2.27. The molecule has 0 aliphatic heterocycles. The van der Waals surface area contributed by atoms with Crippen LogP contribution in [0.15, 0.2) is 42.5 Å². The van der Waals surface area contributed by atoms with Gasteiger partial charge < -0.3 is 19.9 Å². The van der Waals surface area contributed by atoms with Crippen LogP contribution in [-0.4, -0.2) is 47.7 Å². The van der Waals surface area contributed by atoms with Crippen molar-refractivity contribution in [1.29, 1.82) is 0 Å². The number of aromatic carboxylic acids is 1. The topological polar surface area (TPSA) is 102 Å². The Bertz CT molecular complexity index is 850. The summed E-state index contributed by atoms with van der Waals surface area (Å²) >= 11 is 0. The average molecular weight is 405 g/mol. The van der Waals surface area contributed by atoms with E-state index in [-0.39, 0.29) is 23.0 Å². The van der Waals surface area contributed by atoms with Crippen LogP contribution < -0.4 is 14.8 Å². The maximum atomic E-state index is 12.1. The molecule has 0 fully saturated rings. The molecule has 0 aliphatic carbocycles. The Morgan fingerprint density at radius 2 is 1.64 bits per heavy atom. The zero-order valence-corrected chi connectivity index (χ0v) is 16.6. The number of nitrogens with one attached hydrogen (secondary N) is 1. The van der Waals surface area contributed by atoms with E-state index >= 15 is 0 Å². The Morgan fingerprint density at radius 3 is 2.25 bits per heavy atom. The van der Waals surface area contributed by atoms with Gasteiger partial charge in [-0.15, -0.1) is 0 Å². The molecule has 0 saturated carbocycles. The molecule has 0 aromatic heterocycles. The summed E-state index contributed by atoms with van der Waals surface area (Å²) in [5.74, 6) is 0.0567. The summed E-state index contributed by atoms with van der Waals surface area (Å²) in [6, 6.07) is 11.7. The van der Waals surface area contributed by atoms with Gasteiger partial charge in [-0.25, -0.2) is 4.79 Å². The molecule has 0 bridgehead atoms. The number of carboxylic acids is 1. The number of methoxy groups -OCH3 is 2. The minimum atomic E-state index is -1.37. The first kappa shape index (κ1) is 21.4. The third-order valence-electron chi connectivity index (χ3n) is 4.00. The van der Waals surface area contributed by atoms with Crippen molar-refractivity contribution in [3.63, 3.8) is 0 Å². The number of hydrogen-bond acceptors (Lipinski definition) is 5. The van der Waals surface area contributed by atoms with Crippen molar-refractivity contribution in [2.24, 2.45) is 0 Å². The van der Waals surface area contributed by atoms with Crippen LogP contribution in [0.3, 0.4) is 0 Å². The van der Waals surface area contributed by atoms with E-state index in [1.165, 1.54) is 12.1 Å². The molecule has 2 N–H and O–H groups in total. The number of carboxylic acid groups (broad SMARTS) is 1. The fourth-order valence-corrected chi connectivity index (χ4v) is 3.62. The largest absolute Gasteiger partial charge is 0.493 e. The third kappa shape index (κ3) is 6.38. The molecule has 2 rings (SSSR count). The summed E-state index contributed by atoms with van der Waals surface area (Å²) in [6.07, 6.45) is 0.607. The van der Waals surface area contributed by atoms with E-state index in [1.54, 1.807) is 32.4 Å². The lowest BCUT2D eigenvalue weighted by molar-refractivity contribution is -0.118. The van der Waals surface area contributed by atoms with E-state index in [4.69, 9.17) is 14.6 Å². The van der Waals surface area contributed by atoms with Crippen LogP contribution in [0.4, 0.5) is 0 Å². The lowest BCUT2D eigenvalue weighted by atomic mass is 10.1. The van der Waals surface area contributed by atoms with E-state index < -0.39 is 16.8 Å². The Kier molecular flexibility index (Phi) is 8.01. The third-order valence-corrected chi connectivity index (χ3v) is 5.24. The molecule has 1 unspecified atom stereocenters. The van der Waals surface area contributed by atoms with Gasteiger partial charge in [0.05, 0.1) is 19.8 Å². The first-order valence-electron chi connectivity index (χ1n) is 8.57. The van der Waals surface area contributed by atoms with Crippen molar-refractivity contribution < 1.29 is 28.4 Å². The molecule has 8 heteroatoms. The monoisotopic (exact) mass is 405 g/mol. The molecule has 28 heavy (non-hydrogen) atoms. The molecule has 0 radical (unpaired) electrons. The maximum absolute atomic E-state index is 12.1. The number of hydrogen-bond donors (Lipinski definition) is 2. The number of rotatable bonds is 10.